The number of hydrogen-bond acceptors (Lipinski definition) is 6. The van der Waals surface area contributed by atoms with Gasteiger partial charge in [-0.05, 0) is 72.6 Å². The molecule has 4 aromatic carbocycles. The number of ether oxygens (including phenoxy) is 1. The molecule has 2 aliphatic rings. The second-order valence-corrected chi connectivity index (χ2v) is 19.7. The van der Waals surface area contributed by atoms with Gasteiger partial charge in [-0.25, -0.2) is 0 Å². The Morgan fingerprint density at radius 2 is 1.82 bits per heavy atom. The van der Waals surface area contributed by atoms with Crippen molar-refractivity contribution in [3.8, 4) is 0 Å². The highest BCUT2D eigenvalue weighted by atomic mass is 35.5. The summed E-state index contributed by atoms with van der Waals surface area (Å²) in [6.45, 7) is 5.80. The lowest BCUT2D eigenvalue weighted by atomic mass is 9.82. The molecule has 8 rings (SSSR count). The van der Waals surface area contributed by atoms with Crippen molar-refractivity contribution in [1.29, 1.82) is 0 Å². The van der Waals surface area contributed by atoms with E-state index in [4.69, 9.17) is 16.3 Å². The molecule has 10 nitrogen and oxygen atoms in total. The third-order valence-electron chi connectivity index (χ3n) is 11.5. The number of benzene rings is 4. The highest BCUT2D eigenvalue weighted by Crippen LogP contribution is 2.60. The van der Waals surface area contributed by atoms with Crippen LogP contribution in [-0.2, 0) is 39.4 Å². The Bertz CT molecular complexity index is 2380. The molecule has 13 heteroatoms. The summed E-state index contributed by atoms with van der Waals surface area (Å²) in [6.07, 6.45) is 3.74. The molecule has 0 radical (unpaired) electrons. The summed E-state index contributed by atoms with van der Waals surface area (Å²) >= 11 is 6.58. The van der Waals surface area contributed by atoms with E-state index >= 15 is 4.11 Å². The zero-order valence-electron chi connectivity index (χ0n) is 31.5. The Morgan fingerprint density at radius 1 is 1.07 bits per heavy atom. The Kier molecular flexibility index (Phi) is 10.2. The molecule has 56 heavy (non-hydrogen) atoms. The fourth-order valence-corrected chi connectivity index (χ4v) is 11.6. The maximum absolute atomic E-state index is 16.4. The molecule has 5 atom stereocenters. The van der Waals surface area contributed by atoms with Gasteiger partial charge in [0.25, 0.3) is 5.91 Å². The minimum absolute atomic E-state index is 0.119. The number of para-hydroxylation sites is 1. The number of aromatic nitrogens is 4. The zero-order valence-corrected chi connectivity index (χ0v) is 33.2. The molecule has 1 saturated heterocycles. The van der Waals surface area contributed by atoms with Crippen molar-refractivity contribution in [3.63, 3.8) is 0 Å². The third kappa shape index (κ3) is 6.95. The number of aliphatic hydroxyl groups is 1. The minimum Gasteiger partial charge on any atom is -0.395 e. The first-order chi connectivity index (χ1) is 27.0. The number of aryl methyl sites for hydroxylation is 1. The van der Waals surface area contributed by atoms with Gasteiger partial charge >= 0.3 is 0 Å². The predicted molar refractivity (Wildman–Crippen MR) is 218 cm³/mol. The van der Waals surface area contributed by atoms with Gasteiger partial charge in [0.1, 0.15) is 0 Å². The first-order valence-corrected chi connectivity index (χ1v) is 22.3. The largest absolute Gasteiger partial charge is 0.395 e. The van der Waals surface area contributed by atoms with Crippen molar-refractivity contribution in [1.82, 2.24) is 20.0 Å². The number of fused-ring (bicyclic) bond motifs is 3. The van der Waals surface area contributed by atoms with Crippen LogP contribution in [0.15, 0.2) is 109 Å². The molecule has 3 N–H and O–H groups in total. The molecule has 1 unspecified atom stereocenters. The lowest BCUT2D eigenvalue weighted by Gasteiger charge is -2.31. The predicted octanol–water partition coefficient (Wildman–Crippen LogP) is 8.13. The molecule has 0 saturated carbocycles. The second-order valence-electron chi connectivity index (χ2n) is 15.4. The zero-order chi connectivity index (χ0) is 39.2. The van der Waals surface area contributed by atoms with Crippen molar-refractivity contribution in [2.75, 3.05) is 16.8 Å². The van der Waals surface area contributed by atoms with Gasteiger partial charge in [-0.15, -0.1) is 5.10 Å². The standard InChI is InChI=1S/C43H44ClFN6O4Si/c1-27-41(56(2,3)45)39(19-20-50-25-37(48-49-50)34(26-52)29-9-5-4-6-10-29)55-43(27)35-22-31(44)15-18-38(35)51(42(43)54)24-28-13-16-32(17-14-28)47-40(53)21-30-23-46-36-12-8-7-11-33(30)36/h4-18,22-23,25,27,34,39,41,46,52H,19-21,24,26H2,1-3H3,(H,47,53)/t27-,34?,39+,41-,43+/m1/s1. The maximum atomic E-state index is 16.4. The lowest BCUT2D eigenvalue weighted by Crippen LogP contribution is -2.45. The number of amides is 2. The lowest BCUT2D eigenvalue weighted by molar-refractivity contribution is -0.146. The van der Waals surface area contributed by atoms with E-state index in [0.717, 1.165) is 27.6 Å². The second kappa shape index (κ2) is 15.1. The summed E-state index contributed by atoms with van der Waals surface area (Å²) in [4.78, 5) is 32.7. The number of halogens is 2. The highest BCUT2D eigenvalue weighted by molar-refractivity contribution is 6.72. The fraction of sp³-hybridized carbons (Fsp3) is 0.302. The van der Waals surface area contributed by atoms with Gasteiger partial charge in [0.05, 0.1) is 43.0 Å². The van der Waals surface area contributed by atoms with E-state index in [-0.39, 0.29) is 37.3 Å². The molecule has 2 aliphatic heterocycles. The Balaban J connectivity index is 1.00. The first kappa shape index (κ1) is 37.8. The molecule has 0 bridgehead atoms. The number of carbonyl (C=O) groups is 2. The van der Waals surface area contributed by atoms with Gasteiger partial charge in [-0.2, -0.15) is 0 Å². The molecule has 288 valence electrons. The molecule has 1 fully saturated rings. The van der Waals surface area contributed by atoms with Crippen LogP contribution in [0.5, 0.6) is 0 Å². The van der Waals surface area contributed by atoms with Crippen molar-refractivity contribution in [3.05, 3.63) is 142 Å². The number of H-pyrrole nitrogens is 1. The average molecular weight is 791 g/mol. The molecular formula is C43H44ClFN6O4Si. The van der Waals surface area contributed by atoms with Crippen LogP contribution < -0.4 is 10.2 Å². The van der Waals surface area contributed by atoms with Crippen molar-refractivity contribution >= 4 is 54.1 Å². The number of anilines is 2. The normalized spacial score (nSPS) is 21.2. The summed E-state index contributed by atoms with van der Waals surface area (Å²) in [7, 11) is -3.40. The molecule has 4 heterocycles. The summed E-state index contributed by atoms with van der Waals surface area (Å²) in [5, 5.41) is 23.3. The minimum atomic E-state index is -3.40. The fourth-order valence-electron chi connectivity index (χ4n) is 8.88. The van der Waals surface area contributed by atoms with E-state index in [9.17, 15) is 14.7 Å². The monoisotopic (exact) mass is 790 g/mol. The van der Waals surface area contributed by atoms with Gasteiger partial charge in [-0.3, -0.25) is 14.3 Å². The average Bonchev–Trinajstić information content (AvgIpc) is 3.94. The molecule has 2 amide bonds. The number of aliphatic hydroxyl groups excluding tert-OH is 1. The van der Waals surface area contributed by atoms with E-state index in [1.165, 1.54) is 0 Å². The van der Waals surface area contributed by atoms with E-state index in [0.29, 0.717) is 40.6 Å². The van der Waals surface area contributed by atoms with Gasteiger partial charge in [0.2, 0.25) is 14.3 Å². The van der Waals surface area contributed by atoms with E-state index in [2.05, 4.69) is 20.6 Å². The van der Waals surface area contributed by atoms with Crippen LogP contribution in [0.25, 0.3) is 10.9 Å². The van der Waals surface area contributed by atoms with Crippen molar-refractivity contribution in [2.24, 2.45) is 5.92 Å². The maximum Gasteiger partial charge on any atom is 0.264 e. The van der Waals surface area contributed by atoms with Gasteiger partial charge < -0.3 is 29.2 Å². The van der Waals surface area contributed by atoms with Crippen LogP contribution in [0.2, 0.25) is 23.7 Å². The van der Waals surface area contributed by atoms with Gasteiger partial charge in [0, 0.05) is 57.6 Å². The Morgan fingerprint density at radius 3 is 2.57 bits per heavy atom. The number of rotatable bonds is 12. The number of aromatic amines is 1. The highest BCUT2D eigenvalue weighted by Gasteiger charge is 2.66. The van der Waals surface area contributed by atoms with Crippen molar-refractivity contribution < 1.29 is 23.5 Å². The van der Waals surface area contributed by atoms with Crippen LogP contribution in [0, 0.1) is 5.92 Å². The Hall–Kier alpha value is -5.14. The van der Waals surface area contributed by atoms with E-state index in [1.807, 2.05) is 104 Å². The summed E-state index contributed by atoms with van der Waals surface area (Å²) in [5.74, 6) is -1.19. The molecule has 0 aliphatic carbocycles. The van der Waals surface area contributed by atoms with Crippen LogP contribution >= 0.6 is 11.6 Å². The van der Waals surface area contributed by atoms with Gasteiger partial charge in [0.15, 0.2) is 5.60 Å². The quantitative estimate of drug-likeness (QED) is 0.0850. The van der Waals surface area contributed by atoms with Crippen LogP contribution in [0.4, 0.5) is 15.5 Å². The molecular weight excluding hydrogens is 747 g/mol. The van der Waals surface area contributed by atoms with Crippen LogP contribution in [0.3, 0.4) is 0 Å². The van der Waals surface area contributed by atoms with Crippen molar-refractivity contribution in [2.45, 2.75) is 69.1 Å². The van der Waals surface area contributed by atoms with Crippen LogP contribution in [0.1, 0.15) is 47.2 Å². The third-order valence-corrected chi connectivity index (χ3v) is 14.2. The SMILES string of the molecule is C[C@@H]1[C@@H]([Si](C)(C)F)[C@H](CCn2cc(C(CO)c3ccccc3)nn2)O[C@@]12C(=O)N(Cc1ccc(NC(=O)Cc3c[nH]c4ccccc34)cc1)c1ccc(Cl)cc12. The smallest absolute Gasteiger partial charge is 0.264 e. The number of carbonyl (C=O) groups excluding carboxylic acids is 2. The summed E-state index contributed by atoms with van der Waals surface area (Å²) in [6, 6.07) is 30.3. The van der Waals surface area contributed by atoms with Crippen LogP contribution in [-0.4, -0.2) is 58.0 Å². The Labute approximate surface area is 330 Å². The summed E-state index contributed by atoms with van der Waals surface area (Å²) in [5.41, 5.74) is 4.37. The molecule has 6 aromatic rings. The van der Waals surface area contributed by atoms with E-state index < -0.39 is 31.6 Å². The van der Waals surface area contributed by atoms with E-state index in [1.54, 1.807) is 34.8 Å². The first-order valence-electron chi connectivity index (χ1n) is 18.9. The molecule has 1 spiro atoms. The van der Waals surface area contributed by atoms with Gasteiger partial charge in [-0.1, -0.05) is 84.4 Å². The number of hydrogen-bond donors (Lipinski definition) is 3. The summed E-state index contributed by atoms with van der Waals surface area (Å²) < 4.78 is 25.1. The topological polar surface area (TPSA) is 125 Å². The number of nitrogens with one attached hydrogen (secondary N) is 2. The number of nitrogens with zero attached hydrogens (tertiary/aromatic N) is 4. The molecule has 2 aromatic heterocycles.